The summed E-state index contributed by atoms with van der Waals surface area (Å²) < 4.78 is 10.4. The van der Waals surface area contributed by atoms with E-state index in [9.17, 15) is 24.3 Å². The van der Waals surface area contributed by atoms with Crippen LogP contribution in [0.4, 0.5) is 17.1 Å². The van der Waals surface area contributed by atoms with E-state index in [-0.39, 0.29) is 38.3 Å². The smallest absolute Gasteiger partial charge is 0.283 e. The number of halogens is 2. The third-order valence-electron chi connectivity index (χ3n) is 5.61. The number of carboxylic acids is 1. The van der Waals surface area contributed by atoms with Crippen molar-refractivity contribution in [3.63, 3.8) is 0 Å². The van der Waals surface area contributed by atoms with Crippen LogP contribution in [0, 0.1) is 0 Å². The first-order chi connectivity index (χ1) is 18.6. The number of anilines is 3. The SMILES string of the molecule is CCOc1ccc(N2C(=O)C(Cl)=C(Nc3ccc(C(=O)Nc4cc(OC)c(C(=O)[O-])cc4Cl)cc3)C2=O)cc1. The van der Waals surface area contributed by atoms with Crippen molar-refractivity contribution in [3.8, 4) is 11.5 Å². The van der Waals surface area contributed by atoms with Gasteiger partial charge in [-0.3, -0.25) is 14.4 Å². The van der Waals surface area contributed by atoms with Crippen LogP contribution in [0.2, 0.25) is 5.02 Å². The van der Waals surface area contributed by atoms with Crippen LogP contribution in [0.25, 0.3) is 0 Å². The number of imide groups is 1. The largest absolute Gasteiger partial charge is 0.545 e. The molecule has 0 saturated carbocycles. The first-order valence-electron chi connectivity index (χ1n) is 11.4. The van der Waals surface area contributed by atoms with Gasteiger partial charge in [0.1, 0.15) is 22.2 Å². The summed E-state index contributed by atoms with van der Waals surface area (Å²) in [6.07, 6.45) is 0. The highest BCUT2D eigenvalue weighted by molar-refractivity contribution is 6.53. The molecule has 4 rings (SSSR count). The van der Waals surface area contributed by atoms with Crippen molar-refractivity contribution in [2.24, 2.45) is 0 Å². The summed E-state index contributed by atoms with van der Waals surface area (Å²) in [5, 5.41) is 16.3. The second kappa shape index (κ2) is 11.5. The molecule has 0 unspecified atom stereocenters. The molecule has 1 aliphatic rings. The summed E-state index contributed by atoms with van der Waals surface area (Å²) in [5.41, 5.74) is 0.715. The van der Waals surface area contributed by atoms with Crippen molar-refractivity contribution in [2.75, 3.05) is 29.3 Å². The molecular weight excluding hydrogens is 549 g/mol. The molecule has 0 aromatic heterocycles. The van der Waals surface area contributed by atoms with Gasteiger partial charge in [-0.05, 0) is 61.5 Å². The second-order valence-electron chi connectivity index (χ2n) is 8.04. The number of carboxylic acid groups (broad SMARTS) is 1. The Bertz CT molecular complexity index is 1500. The topological polar surface area (TPSA) is 137 Å². The lowest BCUT2D eigenvalue weighted by atomic mass is 10.1. The van der Waals surface area contributed by atoms with Gasteiger partial charge >= 0.3 is 0 Å². The van der Waals surface area contributed by atoms with Gasteiger partial charge in [0, 0.05) is 22.9 Å². The minimum absolute atomic E-state index is 0.0234. The molecule has 2 N–H and O–H groups in total. The molecule has 3 amide bonds. The summed E-state index contributed by atoms with van der Waals surface area (Å²) in [6, 6.07) is 14.8. The van der Waals surface area contributed by atoms with E-state index in [1.807, 2.05) is 6.92 Å². The van der Waals surface area contributed by atoms with Crippen LogP contribution in [0.3, 0.4) is 0 Å². The summed E-state index contributed by atoms with van der Waals surface area (Å²) >= 11 is 12.3. The van der Waals surface area contributed by atoms with Crippen molar-refractivity contribution in [2.45, 2.75) is 6.92 Å². The van der Waals surface area contributed by atoms with Gasteiger partial charge in [-0.25, -0.2) is 4.90 Å². The molecule has 1 heterocycles. The van der Waals surface area contributed by atoms with Crippen molar-refractivity contribution in [1.29, 1.82) is 0 Å². The molecule has 0 fully saturated rings. The number of hydrogen-bond acceptors (Lipinski definition) is 8. The highest BCUT2D eigenvalue weighted by Crippen LogP contribution is 2.32. The predicted octanol–water partition coefficient (Wildman–Crippen LogP) is 3.80. The number of methoxy groups -OCH3 is 1. The van der Waals surface area contributed by atoms with Gasteiger partial charge in [-0.15, -0.1) is 0 Å². The van der Waals surface area contributed by atoms with E-state index in [1.165, 1.54) is 37.4 Å². The molecule has 3 aromatic carbocycles. The van der Waals surface area contributed by atoms with Gasteiger partial charge in [0.25, 0.3) is 17.7 Å². The third kappa shape index (κ3) is 5.66. The first-order valence-corrected chi connectivity index (χ1v) is 12.2. The van der Waals surface area contributed by atoms with E-state index in [2.05, 4.69) is 10.6 Å². The Labute approximate surface area is 232 Å². The number of nitrogens with one attached hydrogen (secondary N) is 2. The summed E-state index contributed by atoms with van der Waals surface area (Å²) in [5.74, 6) is -2.78. The van der Waals surface area contributed by atoms with Gasteiger partial charge in [0.05, 0.1) is 36.1 Å². The number of aromatic carboxylic acids is 1. The van der Waals surface area contributed by atoms with Gasteiger partial charge in [0.2, 0.25) is 0 Å². The molecule has 3 aromatic rings. The molecule has 10 nitrogen and oxygen atoms in total. The average molecular weight is 569 g/mol. The lowest BCUT2D eigenvalue weighted by Crippen LogP contribution is -2.32. The Balaban J connectivity index is 1.47. The van der Waals surface area contributed by atoms with Crippen LogP contribution in [-0.4, -0.2) is 37.4 Å². The van der Waals surface area contributed by atoms with Crippen LogP contribution in [-0.2, 0) is 9.59 Å². The van der Waals surface area contributed by atoms with Crippen LogP contribution >= 0.6 is 23.2 Å². The molecule has 200 valence electrons. The zero-order valence-electron chi connectivity index (χ0n) is 20.5. The van der Waals surface area contributed by atoms with Crippen LogP contribution in [0.5, 0.6) is 11.5 Å². The lowest BCUT2D eigenvalue weighted by Gasteiger charge is -2.16. The van der Waals surface area contributed by atoms with E-state index >= 15 is 0 Å². The van der Waals surface area contributed by atoms with Gasteiger partial charge in [-0.1, -0.05) is 23.2 Å². The highest BCUT2D eigenvalue weighted by atomic mass is 35.5. The van der Waals surface area contributed by atoms with E-state index in [1.54, 1.807) is 24.3 Å². The molecule has 1 aliphatic heterocycles. The Morgan fingerprint density at radius 1 is 0.974 bits per heavy atom. The normalized spacial score (nSPS) is 13.0. The van der Waals surface area contributed by atoms with Gasteiger partial charge < -0.3 is 30.0 Å². The number of carbonyl (C=O) groups excluding carboxylic acids is 4. The molecule has 0 aliphatic carbocycles. The maximum absolute atomic E-state index is 13.0. The zero-order chi connectivity index (χ0) is 28.3. The van der Waals surface area contributed by atoms with E-state index in [0.717, 1.165) is 11.0 Å². The van der Waals surface area contributed by atoms with Crippen molar-refractivity contribution in [1.82, 2.24) is 0 Å². The van der Waals surface area contributed by atoms with Crippen LogP contribution in [0.1, 0.15) is 27.6 Å². The van der Waals surface area contributed by atoms with Crippen LogP contribution in [0.15, 0.2) is 71.4 Å². The molecule has 12 heteroatoms. The minimum atomic E-state index is -1.48. The van der Waals surface area contributed by atoms with Crippen molar-refractivity contribution in [3.05, 3.63) is 87.5 Å². The molecule has 0 saturated heterocycles. The predicted molar refractivity (Wildman–Crippen MR) is 143 cm³/mol. The molecular formula is C27H20Cl2N3O7-. The maximum Gasteiger partial charge on any atom is 0.283 e. The fourth-order valence-electron chi connectivity index (χ4n) is 3.73. The van der Waals surface area contributed by atoms with E-state index < -0.39 is 23.7 Å². The fraction of sp³-hybridized carbons (Fsp3) is 0.111. The molecule has 0 atom stereocenters. The van der Waals surface area contributed by atoms with Crippen LogP contribution < -0.4 is 30.1 Å². The zero-order valence-corrected chi connectivity index (χ0v) is 22.1. The van der Waals surface area contributed by atoms with Crippen molar-refractivity contribution < 1.29 is 33.8 Å². The lowest BCUT2D eigenvalue weighted by molar-refractivity contribution is -0.255. The number of benzene rings is 3. The Morgan fingerprint density at radius 3 is 2.23 bits per heavy atom. The van der Waals surface area contributed by atoms with Gasteiger partial charge in [0.15, 0.2) is 0 Å². The number of carbonyl (C=O) groups is 4. The summed E-state index contributed by atoms with van der Waals surface area (Å²) in [4.78, 5) is 50.6. The number of nitrogens with zero attached hydrogens (tertiary/aromatic N) is 1. The average Bonchev–Trinajstić information content (AvgIpc) is 3.13. The molecule has 0 bridgehead atoms. The molecule has 39 heavy (non-hydrogen) atoms. The number of rotatable bonds is 9. The number of hydrogen-bond donors (Lipinski definition) is 2. The second-order valence-corrected chi connectivity index (χ2v) is 8.82. The third-order valence-corrected chi connectivity index (χ3v) is 6.27. The first kappa shape index (κ1) is 27.5. The van der Waals surface area contributed by atoms with E-state index in [4.69, 9.17) is 32.7 Å². The van der Waals surface area contributed by atoms with Crippen molar-refractivity contribution >= 4 is 64.0 Å². The molecule has 0 spiro atoms. The minimum Gasteiger partial charge on any atom is -0.545 e. The number of ether oxygens (including phenoxy) is 2. The van der Waals surface area contributed by atoms with Gasteiger partial charge in [-0.2, -0.15) is 0 Å². The quantitative estimate of drug-likeness (QED) is 0.372. The standard InChI is InChI=1S/C27H21Cl2N3O7/c1-3-39-17-10-8-16(9-11-17)32-25(34)22(29)23(26(32)35)30-15-6-4-14(5-7-15)24(33)31-20-13-21(38-2)18(27(36)37)12-19(20)28/h4-13,30H,3H2,1-2H3,(H,31,33)(H,36,37)/p-1. The highest BCUT2D eigenvalue weighted by Gasteiger charge is 2.39. The summed E-state index contributed by atoms with van der Waals surface area (Å²) in [7, 11) is 1.27. The summed E-state index contributed by atoms with van der Waals surface area (Å²) in [6.45, 7) is 2.32. The molecule has 0 radical (unpaired) electrons. The monoisotopic (exact) mass is 568 g/mol. The maximum atomic E-state index is 13.0. The van der Waals surface area contributed by atoms with E-state index in [0.29, 0.717) is 23.7 Å². The Hall–Kier alpha value is -4.54. The fourth-order valence-corrected chi connectivity index (χ4v) is 4.15. The number of amides is 3. The Kier molecular flexibility index (Phi) is 8.08. The Morgan fingerprint density at radius 2 is 1.64 bits per heavy atom.